The van der Waals surface area contributed by atoms with Gasteiger partial charge in [0, 0.05) is 23.7 Å². The molecule has 0 unspecified atom stereocenters. The molecule has 30 heavy (non-hydrogen) atoms. The Labute approximate surface area is 174 Å². The molecule has 1 amide bonds. The lowest BCUT2D eigenvalue weighted by Crippen LogP contribution is -2.34. The maximum atomic E-state index is 13.6. The molecule has 0 radical (unpaired) electrons. The maximum Gasteiger partial charge on any atom is 0.331 e. The molecular weight excluding hydrogens is 389 g/mol. The number of hydrogen-bond acceptors (Lipinski definition) is 5. The highest BCUT2D eigenvalue weighted by atomic mass is 19.1. The van der Waals surface area contributed by atoms with Gasteiger partial charge < -0.3 is 19.1 Å². The monoisotopic (exact) mass is 413 g/mol. The molecule has 1 fully saturated rings. The van der Waals surface area contributed by atoms with Crippen LogP contribution in [0.4, 0.5) is 4.39 Å². The van der Waals surface area contributed by atoms with Crippen LogP contribution >= 0.6 is 0 Å². The summed E-state index contributed by atoms with van der Waals surface area (Å²) in [6, 6.07) is 11.4. The average Bonchev–Trinajstić information content (AvgIpc) is 3.26. The van der Waals surface area contributed by atoms with Gasteiger partial charge >= 0.3 is 5.97 Å². The van der Waals surface area contributed by atoms with Crippen molar-refractivity contribution in [2.24, 2.45) is 0 Å². The number of rotatable bonds is 7. The molecule has 2 aromatic carbocycles. The molecule has 0 saturated carbocycles. The number of ether oxygens (including phenoxy) is 3. The summed E-state index contributed by atoms with van der Waals surface area (Å²) >= 11 is 0. The van der Waals surface area contributed by atoms with Crippen molar-refractivity contribution in [2.45, 2.75) is 18.9 Å². The summed E-state index contributed by atoms with van der Waals surface area (Å²) in [7, 11) is 3.16. The quantitative estimate of drug-likeness (QED) is 0.511. The maximum absolute atomic E-state index is 13.6. The lowest BCUT2D eigenvalue weighted by molar-refractivity contribution is -0.148. The molecule has 1 aliphatic heterocycles. The molecule has 0 bridgehead atoms. The molecule has 0 N–H and O–H groups in total. The number of nitrogens with zero attached hydrogens (tertiary/aromatic N) is 1. The molecule has 7 heteroatoms. The topological polar surface area (TPSA) is 65.1 Å². The molecular formula is C23H24FNO5. The minimum atomic E-state index is -0.707. The van der Waals surface area contributed by atoms with Gasteiger partial charge in [0.1, 0.15) is 17.3 Å². The van der Waals surface area contributed by atoms with Crippen LogP contribution in [0.15, 0.2) is 48.5 Å². The summed E-state index contributed by atoms with van der Waals surface area (Å²) in [5.41, 5.74) is 1.12. The molecule has 6 nitrogen and oxygen atoms in total. The largest absolute Gasteiger partial charge is 0.497 e. The van der Waals surface area contributed by atoms with Crippen molar-refractivity contribution < 1.29 is 28.2 Å². The molecule has 1 aliphatic rings. The second-order valence-electron chi connectivity index (χ2n) is 6.82. The summed E-state index contributed by atoms with van der Waals surface area (Å²) in [5.74, 6) is -0.0961. The van der Waals surface area contributed by atoms with Gasteiger partial charge in [-0.25, -0.2) is 9.18 Å². The Morgan fingerprint density at radius 3 is 2.70 bits per heavy atom. The Bertz CT molecular complexity index is 943. The van der Waals surface area contributed by atoms with Crippen LogP contribution in [0.3, 0.4) is 0 Å². The van der Waals surface area contributed by atoms with Crippen molar-refractivity contribution in [2.75, 3.05) is 27.4 Å². The van der Waals surface area contributed by atoms with Crippen LogP contribution in [0.2, 0.25) is 0 Å². The molecule has 1 heterocycles. The van der Waals surface area contributed by atoms with Gasteiger partial charge in [-0.2, -0.15) is 0 Å². The molecule has 3 rings (SSSR count). The van der Waals surface area contributed by atoms with E-state index in [0.29, 0.717) is 18.0 Å². The number of carbonyl (C=O) groups excluding carboxylic acids is 2. The fraction of sp³-hybridized carbons (Fsp3) is 0.304. The van der Waals surface area contributed by atoms with Crippen molar-refractivity contribution in [3.63, 3.8) is 0 Å². The van der Waals surface area contributed by atoms with Crippen LogP contribution < -0.4 is 9.47 Å². The summed E-state index contributed by atoms with van der Waals surface area (Å²) < 4.78 is 29.4. The molecule has 0 aliphatic carbocycles. The van der Waals surface area contributed by atoms with E-state index in [2.05, 4.69) is 0 Å². The Hall–Kier alpha value is -3.35. The first kappa shape index (κ1) is 21.4. The zero-order valence-electron chi connectivity index (χ0n) is 17.0. The lowest BCUT2D eigenvalue weighted by atomic mass is 10.0. The summed E-state index contributed by atoms with van der Waals surface area (Å²) in [6.45, 7) is 0.176. The van der Waals surface area contributed by atoms with Crippen molar-refractivity contribution in [1.82, 2.24) is 4.90 Å². The number of benzene rings is 2. The molecule has 0 spiro atoms. The van der Waals surface area contributed by atoms with Crippen LogP contribution in [-0.4, -0.2) is 44.1 Å². The van der Waals surface area contributed by atoms with E-state index in [0.717, 1.165) is 24.5 Å². The Morgan fingerprint density at radius 1 is 1.17 bits per heavy atom. The van der Waals surface area contributed by atoms with Crippen LogP contribution in [0.5, 0.6) is 11.5 Å². The number of likely N-dealkylation sites (tertiary alicyclic amines) is 1. The first-order valence-corrected chi connectivity index (χ1v) is 9.64. The van der Waals surface area contributed by atoms with E-state index in [9.17, 15) is 14.0 Å². The minimum Gasteiger partial charge on any atom is -0.497 e. The zero-order valence-corrected chi connectivity index (χ0v) is 17.0. The van der Waals surface area contributed by atoms with Crippen LogP contribution in [-0.2, 0) is 14.3 Å². The van der Waals surface area contributed by atoms with E-state index in [1.165, 1.54) is 12.1 Å². The normalized spacial score (nSPS) is 16.0. The number of amides is 1. The van der Waals surface area contributed by atoms with Gasteiger partial charge in [0.25, 0.3) is 5.91 Å². The summed E-state index contributed by atoms with van der Waals surface area (Å²) in [4.78, 5) is 26.3. The Balaban J connectivity index is 1.64. The van der Waals surface area contributed by atoms with Crippen molar-refractivity contribution in [3.8, 4) is 11.5 Å². The van der Waals surface area contributed by atoms with Gasteiger partial charge in [-0.05, 0) is 43.2 Å². The Kier molecular flexibility index (Phi) is 7.06. The van der Waals surface area contributed by atoms with Crippen molar-refractivity contribution in [1.29, 1.82) is 0 Å². The van der Waals surface area contributed by atoms with Gasteiger partial charge in [0.05, 0.1) is 20.3 Å². The molecule has 158 valence electrons. The predicted molar refractivity (Wildman–Crippen MR) is 110 cm³/mol. The first-order valence-electron chi connectivity index (χ1n) is 9.64. The SMILES string of the molecule is COc1ccc(OC)c([C@H]2CCCN2C(=O)COC(=O)/C=C/c2ccccc2F)c1. The number of esters is 1. The van der Waals surface area contributed by atoms with E-state index >= 15 is 0 Å². The van der Waals surface area contributed by atoms with Crippen molar-refractivity contribution >= 4 is 18.0 Å². The van der Waals surface area contributed by atoms with E-state index in [-0.39, 0.29) is 24.1 Å². The molecule has 1 saturated heterocycles. The fourth-order valence-corrected chi connectivity index (χ4v) is 3.52. The third-order valence-electron chi connectivity index (χ3n) is 5.01. The Morgan fingerprint density at radius 2 is 1.97 bits per heavy atom. The number of hydrogen-bond donors (Lipinski definition) is 0. The highest BCUT2D eigenvalue weighted by molar-refractivity contribution is 5.89. The highest BCUT2D eigenvalue weighted by Gasteiger charge is 2.32. The molecule has 2 aromatic rings. The van der Waals surface area contributed by atoms with E-state index in [1.807, 2.05) is 12.1 Å². The third kappa shape index (κ3) is 4.97. The first-order chi connectivity index (χ1) is 14.5. The van der Waals surface area contributed by atoms with Gasteiger partial charge in [-0.3, -0.25) is 4.79 Å². The zero-order chi connectivity index (χ0) is 21.5. The standard InChI is InChI=1S/C23H24FNO5/c1-28-17-10-11-21(29-2)18(14-17)20-8-5-13-25(20)22(26)15-30-23(27)12-9-16-6-3-4-7-19(16)24/h3-4,6-7,9-12,14,20H,5,8,13,15H2,1-2H3/b12-9+/t20-/m1/s1. The van der Waals surface area contributed by atoms with Crippen LogP contribution in [0.25, 0.3) is 6.08 Å². The number of methoxy groups -OCH3 is 2. The van der Waals surface area contributed by atoms with E-state index in [4.69, 9.17) is 14.2 Å². The van der Waals surface area contributed by atoms with Crippen molar-refractivity contribution in [3.05, 3.63) is 65.5 Å². The highest BCUT2D eigenvalue weighted by Crippen LogP contribution is 2.38. The van der Waals surface area contributed by atoms with Crippen LogP contribution in [0.1, 0.15) is 30.0 Å². The predicted octanol–water partition coefficient (Wildman–Crippen LogP) is 3.76. The van der Waals surface area contributed by atoms with Crippen LogP contribution in [0, 0.1) is 5.82 Å². The fourth-order valence-electron chi connectivity index (χ4n) is 3.52. The van der Waals surface area contributed by atoms with E-state index < -0.39 is 11.8 Å². The number of carbonyl (C=O) groups is 2. The smallest absolute Gasteiger partial charge is 0.331 e. The molecule has 1 atom stereocenters. The van der Waals surface area contributed by atoms with Gasteiger partial charge in [-0.1, -0.05) is 18.2 Å². The second kappa shape index (κ2) is 9.91. The van der Waals surface area contributed by atoms with Gasteiger partial charge in [-0.15, -0.1) is 0 Å². The number of halogens is 1. The average molecular weight is 413 g/mol. The third-order valence-corrected chi connectivity index (χ3v) is 5.01. The van der Waals surface area contributed by atoms with Gasteiger partial charge in [0.2, 0.25) is 0 Å². The van der Waals surface area contributed by atoms with E-state index in [1.54, 1.807) is 43.4 Å². The lowest BCUT2D eigenvalue weighted by Gasteiger charge is -2.26. The minimum absolute atomic E-state index is 0.185. The summed E-state index contributed by atoms with van der Waals surface area (Å²) in [5, 5.41) is 0. The second-order valence-corrected chi connectivity index (χ2v) is 6.82. The van der Waals surface area contributed by atoms with Gasteiger partial charge in [0.15, 0.2) is 6.61 Å². The summed E-state index contributed by atoms with van der Waals surface area (Å²) in [6.07, 6.45) is 4.04. The molecule has 0 aromatic heterocycles.